The highest BCUT2D eigenvalue weighted by Crippen LogP contribution is 2.23. The Morgan fingerprint density at radius 1 is 1.48 bits per heavy atom. The lowest BCUT2D eigenvalue weighted by Gasteiger charge is -2.41. The molecule has 6 nitrogen and oxygen atoms in total. The van der Waals surface area contributed by atoms with E-state index < -0.39 is 0 Å². The molecule has 1 amide bonds. The number of amides is 1. The van der Waals surface area contributed by atoms with Crippen molar-refractivity contribution < 1.29 is 14.3 Å². The number of aliphatic hydroxyl groups excluding tert-OH is 1. The largest absolute Gasteiger partial charge is 0.468 e. The fourth-order valence-corrected chi connectivity index (χ4v) is 4.31. The number of aromatic nitrogens is 1. The Hall–Kier alpha value is -1.70. The summed E-state index contributed by atoms with van der Waals surface area (Å²) in [5.74, 6) is 0.983. The van der Waals surface area contributed by atoms with Crippen molar-refractivity contribution in [3.8, 4) is 0 Å². The zero-order chi connectivity index (χ0) is 17.8. The monoisotopic (exact) mass is 363 g/mol. The van der Waals surface area contributed by atoms with Crippen molar-refractivity contribution in [1.82, 2.24) is 14.8 Å². The second-order valence-corrected chi connectivity index (χ2v) is 7.53. The number of carbonyl (C=O) groups is 1. The molecule has 2 aromatic heterocycles. The van der Waals surface area contributed by atoms with Gasteiger partial charge >= 0.3 is 0 Å². The van der Waals surface area contributed by atoms with Gasteiger partial charge < -0.3 is 14.4 Å². The minimum Gasteiger partial charge on any atom is -0.468 e. The third kappa shape index (κ3) is 4.11. The summed E-state index contributed by atoms with van der Waals surface area (Å²) in [6.07, 6.45) is 3.09. The fourth-order valence-electron chi connectivity index (χ4n) is 3.33. The van der Waals surface area contributed by atoms with Crippen LogP contribution < -0.4 is 0 Å². The molecule has 1 atom stereocenters. The molecule has 0 saturated carbocycles. The number of hydrogen-bond donors (Lipinski definition) is 1. The molecule has 1 fully saturated rings. The topological polar surface area (TPSA) is 69.8 Å². The van der Waals surface area contributed by atoms with Gasteiger partial charge in [-0.25, -0.2) is 4.98 Å². The van der Waals surface area contributed by atoms with E-state index in [9.17, 15) is 9.90 Å². The second-order valence-electron chi connectivity index (χ2n) is 6.33. The zero-order valence-corrected chi connectivity index (χ0v) is 15.6. The number of piperazine rings is 1. The lowest BCUT2D eigenvalue weighted by atomic mass is 10.1. The summed E-state index contributed by atoms with van der Waals surface area (Å²) in [5.41, 5.74) is 0.893. The Balaban J connectivity index is 1.71. The van der Waals surface area contributed by atoms with E-state index in [4.69, 9.17) is 4.42 Å². The third-order valence-electron chi connectivity index (χ3n) is 4.63. The first-order valence-electron chi connectivity index (χ1n) is 8.75. The zero-order valence-electron chi connectivity index (χ0n) is 14.8. The van der Waals surface area contributed by atoms with Crippen LogP contribution in [0.2, 0.25) is 0 Å². The molecular formula is C18H25N3O3S. The van der Waals surface area contributed by atoms with E-state index in [1.165, 1.54) is 11.3 Å². The highest BCUT2D eigenvalue weighted by molar-refractivity contribution is 7.13. The quantitative estimate of drug-likeness (QED) is 0.853. The molecule has 0 radical (unpaired) electrons. The summed E-state index contributed by atoms with van der Waals surface area (Å²) >= 11 is 1.48. The van der Waals surface area contributed by atoms with Gasteiger partial charge in [0.25, 0.3) is 5.91 Å². The van der Waals surface area contributed by atoms with E-state index >= 15 is 0 Å². The summed E-state index contributed by atoms with van der Waals surface area (Å²) in [5, 5.41) is 10.4. The Morgan fingerprint density at radius 2 is 2.32 bits per heavy atom. The maximum atomic E-state index is 13.0. The SMILES string of the molecule is CCc1nc(C)sc1C(=O)N1CCN(Cc2ccco2)[C@H](CCO)C1. The summed E-state index contributed by atoms with van der Waals surface area (Å²) in [7, 11) is 0. The van der Waals surface area contributed by atoms with Crippen LogP contribution in [0.15, 0.2) is 22.8 Å². The molecule has 0 aliphatic carbocycles. The number of hydrogen-bond acceptors (Lipinski definition) is 6. The highest BCUT2D eigenvalue weighted by atomic mass is 32.1. The van der Waals surface area contributed by atoms with Crippen molar-refractivity contribution in [3.63, 3.8) is 0 Å². The van der Waals surface area contributed by atoms with Gasteiger partial charge in [-0.2, -0.15) is 0 Å². The summed E-state index contributed by atoms with van der Waals surface area (Å²) < 4.78 is 5.45. The number of thiazole rings is 1. The molecule has 3 rings (SSSR count). The van der Waals surface area contributed by atoms with Gasteiger partial charge in [-0.1, -0.05) is 6.92 Å². The van der Waals surface area contributed by atoms with Crippen LogP contribution in [-0.4, -0.2) is 58.1 Å². The van der Waals surface area contributed by atoms with Crippen LogP contribution in [0.5, 0.6) is 0 Å². The molecule has 0 unspecified atom stereocenters. The number of carbonyl (C=O) groups excluding carboxylic acids is 1. The molecule has 7 heteroatoms. The van der Waals surface area contributed by atoms with E-state index in [-0.39, 0.29) is 18.6 Å². The Kier molecular flexibility index (Phi) is 5.88. The lowest BCUT2D eigenvalue weighted by Crippen LogP contribution is -2.54. The van der Waals surface area contributed by atoms with Gasteiger partial charge in [-0.05, 0) is 31.9 Å². The van der Waals surface area contributed by atoms with Crippen LogP contribution in [0, 0.1) is 6.92 Å². The molecular weight excluding hydrogens is 338 g/mol. The highest BCUT2D eigenvalue weighted by Gasteiger charge is 2.31. The second kappa shape index (κ2) is 8.12. The molecule has 2 aromatic rings. The molecule has 0 spiro atoms. The fraction of sp³-hybridized carbons (Fsp3) is 0.556. The average molecular weight is 363 g/mol. The van der Waals surface area contributed by atoms with Gasteiger partial charge in [-0.3, -0.25) is 9.69 Å². The summed E-state index contributed by atoms with van der Waals surface area (Å²) in [6, 6.07) is 3.97. The maximum Gasteiger partial charge on any atom is 0.265 e. The van der Waals surface area contributed by atoms with Gasteiger partial charge in [-0.15, -0.1) is 11.3 Å². The van der Waals surface area contributed by atoms with Crippen molar-refractivity contribution in [1.29, 1.82) is 0 Å². The third-order valence-corrected chi connectivity index (χ3v) is 5.63. The predicted octanol–water partition coefficient (Wildman–Crippen LogP) is 2.32. The van der Waals surface area contributed by atoms with Crippen LogP contribution >= 0.6 is 11.3 Å². The first-order chi connectivity index (χ1) is 12.1. The number of aryl methyl sites for hydroxylation is 2. The number of nitrogens with zero attached hydrogens (tertiary/aromatic N) is 3. The minimum absolute atomic E-state index is 0.0723. The van der Waals surface area contributed by atoms with Crippen molar-refractivity contribution in [3.05, 3.63) is 39.7 Å². The molecule has 25 heavy (non-hydrogen) atoms. The molecule has 136 valence electrons. The number of aliphatic hydroxyl groups is 1. The molecule has 1 saturated heterocycles. The smallest absolute Gasteiger partial charge is 0.265 e. The van der Waals surface area contributed by atoms with Crippen LogP contribution in [0.3, 0.4) is 0 Å². The first-order valence-corrected chi connectivity index (χ1v) is 9.56. The van der Waals surface area contributed by atoms with E-state index in [2.05, 4.69) is 9.88 Å². The number of rotatable bonds is 6. The normalized spacial score (nSPS) is 18.7. The van der Waals surface area contributed by atoms with Crippen LogP contribution in [0.4, 0.5) is 0 Å². The van der Waals surface area contributed by atoms with Gasteiger partial charge in [0.1, 0.15) is 10.6 Å². The Labute approximate surface area is 152 Å². The van der Waals surface area contributed by atoms with Crippen molar-refractivity contribution in [2.45, 2.75) is 39.3 Å². The summed E-state index contributed by atoms with van der Waals surface area (Å²) in [4.78, 5) is 22.4. The molecule has 0 bridgehead atoms. The molecule has 0 aromatic carbocycles. The van der Waals surface area contributed by atoms with Gasteiger partial charge in [0.05, 0.1) is 23.5 Å². The van der Waals surface area contributed by atoms with Crippen LogP contribution in [0.1, 0.15) is 39.5 Å². The van der Waals surface area contributed by atoms with E-state index in [1.807, 2.05) is 30.9 Å². The molecule has 1 N–H and O–H groups in total. The van der Waals surface area contributed by atoms with Crippen molar-refractivity contribution >= 4 is 17.2 Å². The van der Waals surface area contributed by atoms with Crippen molar-refractivity contribution in [2.75, 3.05) is 26.2 Å². The van der Waals surface area contributed by atoms with E-state index in [1.54, 1.807) is 6.26 Å². The number of furan rings is 1. The average Bonchev–Trinajstić information content (AvgIpc) is 3.25. The molecule has 1 aliphatic heterocycles. The van der Waals surface area contributed by atoms with E-state index in [0.717, 1.165) is 34.3 Å². The maximum absolute atomic E-state index is 13.0. The van der Waals surface area contributed by atoms with Gasteiger partial charge in [0, 0.05) is 32.3 Å². The van der Waals surface area contributed by atoms with Crippen LogP contribution in [-0.2, 0) is 13.0 Å². The standard InChI is InChI=1S/C18H25N3O3S/c1-3-16-17(25-13(2)19-16)18(23)21-8-7-20(14(11-21)6-9-22)12-15-5-4-10-24-15/h4-5,10,14,22H,3,6-9,11-12H2,1-2H3/t14-/m1/s1. The van der Waals surface area contributed by atoms with E-state index in [0.29, 0.717) is 26.1 Å². The molecule has 1 aliphatic rings. The Bertz CT molecular complexity index is 698. The summed E-state index contributed by atoms with van der Waals surface area (Å²) in [6.45, 7) is 6.87. The Morgan fingerprint density at radius 3 is 3.00 bits per heavy atom. The van der Waals surface area contributed by atoms with Gasteiger partial charge in [0.2, 0.25) is 0 Å². The molecule has 3 heterocycles. The van der Waals surface area contributed by atoms with Gasteiger partial charge in [0.15, 0.2) is 0 Å². The minimum atomic E-state index is 0.0723. The predicted molar refractivity (Wildman–Crippen MR) is 96.7 cm³/mol. The lowest BCUT2D eigenvalue weighted by molar-refractivity contribution is 0.0375. The van der Waals surface area contributed by atoms with Crippen LogP contribution in [0.25, 0.3) is 0 Å². The first kappa shape index (κ1) is 18.1. The van der Waals surface area contributed by atoms with Crippen molar-refractivity contribution in [2.24, 2.45) is 0 Å².